The number of phenols is 1. The van der Waals surface area contributed by atoms with Crippen molar-refractivity contribution in [1.82, 2.24) is 0 Å². The molecular weight excluding hydrogens is 400 g/mol. The van der Waals surface area contributed by atoms with E-state index < -0.39 is 0 Å². The summed E-state index contributed by atoms with van der Waals surface area (Å²) >= 11 is 6.60. The maximum Gasteiger partial charge on any atom is 0.186 e. The zero-order valence-corrected chi connectivity index (χ0v) is 14.3. The van der Waals surface area contributed by atoms with Gasteiger partial charge in [0, 0.05) is 10.0 Å². The summed E-state index contributed by atoms with van der Waals surface area (Å²) in [6.45, 7) is 0. The number of aromatic hydroxyl groups is 1. The van der Waals surface area contributed by atoms with Crippen LogP contribution in [0.4, 0.5) is 0 Å². The van der Waals surface area contributed by atoms with Crippen LogP contribution in [0.1, 0.15) is 15.9 Å². The fraction of sp³-hybridized carbons (Fsp3) is 0.0625. The number of methoxy groups -OCH3 is 1. The highest BCUT2D eigenvalue weighted by molar-refractivity contribution is 9.10. The number of hydrogen-bond donors (Lipinski definition) is 1. The molecule has 0 fully saturated rings. The van der Waals surface area contributed by atoms with Crippen LogP contribution < -0.4 is 4.74 Å². The van der Waals surface area contributed by atoms with Gasteiger partial charge in [-0.05, 0) is 51.8 Å². The third-order valence-corrected chi connectivity index (χ3v) is 4.13. The SMILES string of the molecule is COc1cc(C=CC(=O)c2ccccc2Br)cc(Br)c1O. The number of ether oxygens (including phenoxy) is 1. The molecule has 0 spiro atoms. The number of carbonyl (C=O) groups excluding carboxylic acids is 1. The number of hydrogen-bond acceptors (Lipinski definition) is 3. The Bertz CT molecular complexity index is 709. The molecule has 0 radical (unpaired) electrons. The van der Waals surface area contributed by atoms with E-state index in [0.717, 1.165) is 10.0 Å². The zero-order chi connectivity index (χ0) is 15.4. The molecule has 0 amide bonds. The van der Waals surface area contributed by atoms with E-state index in [1.54, 1.807) is 24.3 Å². The maximum atomic E-state index is 12.1. The molecule has 0 aliphatic carbocycles. The van der Waals surface area contributed by atoms with E-state index in [-0.39, 0.29) is 11.5 Å². The van der Waals surface area contributed by atoms with Crippen LogP contribution in [0.3, 0.4) is 0 Å². The summed E-state index contributed by atoms with van der Waals surface area (Å²) in [5.74, 6) is 0.273. The second-order valence-corrected chi connectivity index (χ2v) is 5.94. The van der Waals surface area contributed by atoms with Crippen molar-refractivity contribution in [2.24, 2.45) is 0 Å². The molecule has 5 heteroatoms. The van der Waals surface area contributed by atoms with Crippen LogP contribution in [-0.2, 0) is 0 Å². The molecule has 0 atom stereocenters. The van der Waals surface area contributed by atoms with Crippen molar-refractivity contribution in [1.29, 1.82) is 0 Å². The van der Waals surface area contributed by atoms with E-state index in [0.29, 0.717) is 15.8 Å². The lowest BCUT2D eigenvalue weighted by atomic mass is 10.1. The van der Waals surface area contributed by atoms with Gasteiger partial charge in [-0.25, -0.2) is 0 Å². The molecule has 0 aliphatic heterocycles. The Morgan fingerprint density at radius 2 is 1.90 bits per heavy atom. The molecule has 21 heavy (non-hydrogen) atoms. The molecular formula is C16H12Br2O3. The summed E-state index contributed by atoms with van der Waals surface area (Å²) in [5.41, 5.74) is 1.34. The van der Waals surface area contributed by atoms with Crippen LogP contribution in [0.15, 0.2) is 51.4 Å². The Kier molecular flexibility index (Phi) is 5.20. The number of phenolic OH excluding ortho intramolecular Hbond substituents is 1. The van der Waals surface area contributed by atoms with Crippen LogP contribution in [0.2, 0.25) is 0 Å². The number of rotatable bonds is 4. The van der Waals surface area contributed by atoms with E-state index in [2.05, 4.69) is 31.9 Å². The summed E-state index contributed by atoms with van der Waals surface area (Å²) < 4.78 is 6.33. The topological polar surface area (TPSA) is 46.5 Å². The highest BCUT2D eigenvalue weighted by Gasteiger charge is 2.08. The molecule has 2 rings (SSSR count). The highest BCUT2D eigenvalue weighted by atomic mass is 79.9. The maximum absolute atomic E-state index is 12.1. The summed E-state index contributed by atoms with van der Waals surface area (Å²) in [5, 5.41) is 9.74. The van der Waals surface area contributed by atoms with Gasteiger partial charge in [0.25, 0.3) is 0 Å². The van der Waals surface area contributed by atoms with Crippen molar-refractivity contribution < 1.29 is 14.6 Å². The molecule has 0 aromatic heterocycles. The van der Waals surface area contributed by atoms with Crippen molar-refractivity contribution in [3.8, 4) is 11.5 Å². The summed E-state index contributed by atoms with van der Waals surface area (Å²) in [6.07, 6.45) is 3.16. The van der Waals surface area contributed by atoms with Crippen molar-refractivity contribution in [2.45, 2.75) is 0 Å². The first kappa shape index (κ1) is 15.8. The molecule has 2 aromatic rings. The van der Waals surface area contributed by atoms with Gasteiger partial charge in [0.05, 0.1) is 11.6 Å². The van der Waals surface area contributed by atoms with Crippen LogP contribution >= 0.6 is 31.9 Å². The quantitative estimate of drug-likeness (QED) is 0.579. The van der Waals surface area contributed by atoms with Crippen LogP contribution in [0, 0.1) is 0 Å². The van der Waals surface area contributed by atoms with Gasteiger partial charge in [-0.2, -0.15) is 0 Å². The average molecular weight is 412 g/mol. The van der Waals surface area contributed by atoms with Gasteiger partial charge in [-0.15, -0.1) is 0 Å². The first-order chi connectivity index (χ1) is 10.0. The van der Waals surface area contributed by atoms with Crippen LogP contribution in [0.25, 0.3) is 6.08 Å². The van der Waals surface area contributed by atoms with E-state index in [1.165, 1.54) is 13.2 Å². The fourth-order valence-corrected chi connectivity index (χ4v) is 2.71. The third-order valence-electron chi connectivity index (χ3n) is 2.84. The Morgan fingerprint density at radius 1 is 1.19 bits per heavy atom. The lowest BCUT2D eigenvalue weighted by Gasteiger charge is -2.06. The Hall–Kier alpha value is -1.59. The molecule has 0 saturated heterocycles. The predicted octanol–water partition coefficient (Wildman–Crippen LogP) is 4.82. The minimum Gasteiger partial charge on any atom is -0.503 e. The van der Waals surface area contributed by atoms with E-state index in [9.17, 15) is 9.90 Å². The molecule has 3 nitrogen and oxygen atoms in total. The molecule has 0 bridgehead atoms. The fourth-order valence-electron chi connectivity index (χ4n) is 1.77. The Morgan fingerprint density at radius 3 is 2.57 bits per heavy atom. The van der Waals surface area contributed by atoms with Gasteiger partial charge < -0.3 is 9.84 Å². The molecule has 1 N–H and O–H groups in total. The van der Waals surface area contributed by atoms with Crippen LogP contribution in [-0.4, -0.2) is 18.0 Å². The van der Waals surface area contributed by atoms with Gasteiger partial charge in [-0.3, -0.25) is 4.79 Å². The first-order valence-electron chi connectivity index (χ1n) is 6.06. The van der Waals surface area contributed by atoms with Crippen molar-refractivity contribution in [3.05, 3.63) is 62.5 Å². The minimum absolute atomic E-state index is 0.0341. The second-order valence-electron chi connectivity index (χ2n) is 4.23. The average Bonchev–Trinajstić information content (AvgIpc) is 2.48. The number of carbonyl (C=O) groups is 1. The zero-order valence-electron chi connectivity index (χ0n) is 11.1. The normalized spacial score (nSPS) is 10.8. The highest BCUT2D eigenvalue weighted by Crippen LogP contribution is 2.35. The molecule has 0 heterocycles. The summed E-state index contributed by atoms with van der Waals surface area (Å²) in [6, 6.07) is 10.6. The number of benzene rings is 2. The van der Waals surface area contributed by atoms with Gasteiger partial charge in [0.2, 0.25) is 0 Å². The first-order valence-corrected chi connectivity index (χ1v) is 7.65. The standard InChI is InChI=1S/C16H12Br2O3/c1-21-15-9-10(8-13(18)16(15)20)6-7-14(19)11-4-2-3-5-12(11)17/h2-9,20H,1H3. The largest absolute Gasteiger partial charge is 0.503 e. The Labute approximate surface area is 139 Å². The van der Waals surface area contributed by atoms with E-state index in [1.807, 2.05) is 18.2 Å². The van der Waals surface area contributed by atoms with Crippen LogP contribution in [0.5, 0.6) is 11.5 Å². The van der Waals surface area contributed by atoms with Gasteiger partial charge in [0.1, 0.15) is 0 Å². The van der Waals surface area contributed by atoms with Crippen molar-refractivity contribution >= 4 is 43.7 Å². The summed E-state index contributed by atoms with van der Waals surface area (Å²) in [7, 11) is 1.47. The molecule has 108 valence electrons. The van der Waals surface area contributed by atoms with Gasteiger partial charge in [-0.1, -0.05) is 34.1 Å². The van der Waals surface area contributed by atoms with E-state index >= 15 is 0 Å². The van der Waals surface area contributed by atoms with Gasteiger partial charge in [0.15, 0.2) is 17.3 Å². The lowest BCUT2D eigenvalue weighted by Crippen LogP contribution is -1.95. The number of halogens is 2. The lowest BCUT2D eigenvalue weighted by molar-refractivity contribution is 0.104. The number of allylic oxidation sites excluding steroid dienone is 1. The minimum atomic E-state index is -0.106. The molecule has 0 unspecified atom stereocenters. The predicted molar refractivity (Wildman–Crippen MR) is 89.9 cm³/mol. The summed E-state index contributed by atoms with van der Waals surface area (Å²) in [4.78, 5) is 12.1. The second kappa shape index (κ2) is 6.91. The smallest absolute Gasteiger partial charge is 0.186 e. The molecule has 2 aromatic carbocycles. The molecule has 0 aliphatic rings. The van der Waals surface area contributed by atoms with Crippen molar-refractivity contribution in [3.63, 3.8) is 0 Å². The van der Waals surface area contributed by atoms with E-state index in [4.69, 9.17) is 4.74 Å². The van der Waals surface area contributed by atoms with Crippen molar-refractivity contribution in [2.75, 3.05) is 7.11 Å². The molecule has 0 saturated carbocycles. The third kappa shape index (κ3) is 3.74. The number of ketones is 1. The monoisotopic (exact) mass is 410 g/mol. The Balaban J connectivity index is 2.28. The van der Waals surface area contributed by atoms with Gasteiger partial charge >= 0.3 is 0 Å².